The lowest BCUT2D eigenvalue weighted by atomic mass is 10.1. The summed E-state index contributed by atoms with van der Waals surface area (Å²) in [6, 6.07) is -0.174. The molecule has 0 saturated carbocycles. The van der Waals surface area contributed by atoms with Crippen LogP contribution in [0.1, 0.15) is 20.3 Å². The summed E-state index contributed by atoms with van der Waals surface area (Å²) >= 11 is 0. The first kappa shape index (κ1) is 14.8. The second-order valence-corrected chi connectivity index (χ2v) is 5.87. The SMILES string of the molecule is COCCS(=O)(=O)NC(CN)CC(C)C. The van der Waals surface area contributed by atoms with E-state index in [0.29, 0.717) is 12.5 Å². The van der Waals surface area contributed by atoms with Crippen LogP contribution in [0.5, 0.6) is 0 Å². The van der Waals surface area contributed by atoms with Crippen LogP contribution in [-0.4, -0.2) is 40.5 Å². The molecule has 92 valence electrons. The lowest BCUT2D eigenvalue weighted by molar-refractivity contribution is 0.216. The van der Waals surface area contributed by atoms with Crippen LogP contribution in [0.3, 0.4) is 0 Å². The Hall–Kier alpha value is -0.170. The van der Waals surface area contributed by atoms with Gasteiger partial charge in [-0.1, -0.05) is 13.8 Å². The number of hydrogen-bond acceptors (Lipinski definition) is 4. The minimum absolute atomic E-state index is 0.0158. The second kappa shape index (κ2) is 7.16. The van der Waals surface area contributed by atoms with E-state index in [2.05, 4.69) is 4.72 Å². The van der Waals surface area contributed by atoms with Crippen LogP contribution in [0.2, 0.25) is 0 Å². The standard InChI is InChI=1S/C9H22N2O3S/c1-8(2)6-9(7-10)11-15(12,13)5-4-14-3/h8-9,11H,4-7,10H2,1-3H3. The Balaban J connectivity index is 4.15. The average Bonchev–Trinajstić information content (AvgIpc) is 2.12. The van der Waals surface area contributed by atoms with E-state index >= 15 is 0 Å². The van der Waals surface area contributed by atoms with Crippen molar-refractivity contribution >= 4 is 10.0 Å². The Morgan fingerprint density at radius 2 is 2.00 bits per heavy atom. The van der Waals surface area contributed by atoms with E-state index in [9.17, 15) is 8.42 Å². The van der Waals surface area contributed by atoms with Crippen molar-refractivity contribution in [2.24, 2.45) is 11.7 Å². The molecular formula is C9H22N2O3S. The summed E-state index contributed by atoms with van der Waals surface area (Å²) in [7, 11) is -1.78. The zero-order valence-electron chi connectivity index (χ0n) is 9.69. The van der Waals surface area contributed by atoms with Gasteiger partial charge in [0, 0.05) is 19.7 Å². The molecule has 3 N–H and O–H groups in total. The van der Waals surface area contributed by atoms with E-state index < -0.39 is 10.0 Å². The Kier molecular flexibility index (Phi) is 7.08. The van der Waals surface area contributed by atoms with Crippen molar-refractivity contribution in [3.8, 4) is 0 Å². The largest absolute Gasteiger partial charge is 0.384 e. The lowest BCUT2D eigenvalue weighted by Crippen LogP contribution is -2.42. The van der Waals surface area contributed by atoms with Crippen LogP contribution in [0.15, 0.2) is 0 Å². The highest BCUT2D eigenvalue weighted by Gasteiger charge is 2.17. The maximum atomic E-state index is 11.5. The molecule has 0 aliphatic carbocycles. The Morgan fingerprint density at radius 1 is 1.40 bits per heavy atom. The summed E-state index contributed by atoms with van der Waals surface area (Å²) in [5.74, 6) is 0.404. The molecule has 0 aromatic rings. The minimum Gasteiger partial charge on any atom is -0.384 e. The zero-order valence-corrected chi connectivity index (χ0v) is 10.5. The average molecular weight is 238 g/mol. The van der Waals surface area contributed by atoms with Gasteiger partial charge in [-0.05, 0) is 12.3 Å². The third-order valence-electron chi connectivity index (χ3n) is 1.94. The van der Waals surface area contributed by atoms with Crippen LogP contribution >= 0.6 is 0 Å². The van der Waals surface area contributed by atoms with Crippen molar-refractivity contribution in [3.63, 3.8) is 0 Å². The quantitative estimate of drug-likeness (QED) is 0.620. The highest BCUT2D eigenvalue weighted by Crippen LogP contribution is 2.04. The summed E-state index contributed by atoms with van der Waals surface area (Å²) < 4.78 is 30.3. The first-order valence-corrected chi connectivity index (χ1v) is 6.75. The summed E-state index contributed by atoms with van der Waals surface area (Å²) in [5.41, 5.74) is 5.50. The van der Waals surface area contributed by atoms with Crippen LogP contribution in [0.4, 0.5) is 0 Å². The summed E-state index contributed by atoms with van der Waals surface area (Å²) in [5, 5.41) is 0. The fourth-order valence-electron chi connectivity index (χ4n) is 1.27. The van der Waals surface area contributed by atoms with Crippen LogP contribution in [0.25, 0.3) is 0 Å². The predicted octanol–water partition coefficient (Wildman–Crippen LogP) is -0.0744. The molecule has 0 aliphatic rings. The molecule has 0 aromatic carbocycles. The minimum atomic E-state index is -3.26. The monoisotopic (exact) mass is 238 g/mol. The molecule has 1 atom stereocenters. The number of rotatable bonds is 8. The van der Waals surface area contributed by atoms with E-state index in [0.717, 1.165) is 6.42 Å². The molecule has 0 amide bonds. The van der Waals surface area contributed by atoms with Gasteiger partial charge in [0.05, 0.1) is 12.4 Å². The van der Waals surface area contributed by atoms with Gasteiger partial charge in [-0.25, -0.2) is 13.1 Å². The first-order chi connectivity index (χ1) is 6.91. The predicted molar refractivity (Wildman–Crippen MR) is 61.1 cm³/mol. The number of nitrogens with two attached hydrogens (primary N) is 1. The molecule has 0 radical (unpaired) electrons. The van der Waals surface area contributed by atoms with E-state index in [1.54, 1.807) is 0 Å². The molecule has 6 heteroatoms. The Morgan fingerprint density at radius 3 is 2.40 bits per heavy atom. The van der Waals surface area contributed by atoms with Gasteiger partial charge in [0.25, 0.3) is 0 Å². The Labute approximate surface area is 92.4 Å². The molecule has 0 saturated heterocycles. The van der Waals surface area contributed by atoms with Crippen molar-refractivity contribution in [2.45, 2.75) is 26.3 Å². The van der Waals surface area contributed by atoms with Crippen molar-refractivity contribution < 1.29 is 13.2 Å². The highest BCUT2D eigenvalue weighted by atomic mass is 32.2. The van der Waals surface area contributed by atoms with Crippen LogP contribution in [0, 0.1) is 5.92 Å². The van der Waals surface area contributed by atoms with Gasteiger partial charge in [0.1, 0.15) is 0 Å². The van der Waals surface area contributed by atoms with Gasteiger partial charge in [-0.2, -0.15) is 0 Å². The molecule has 0 aromatic heterocycles. The van der Waals surface area contributed by atoms with Crippen molar-refractivity contribution in [2.75, 3.05) is 26.0 Å². The van der Waals surface area contributed by atoms with E-state index in [1.807, 2.05) is 13.8 Å². The molecular weight excluding hydrogens is 216 g/mol. The maximum Gasteiger partial charge on any atom is 0.214 e. The van der Waals surface area contributed by atoms with Gasteiger partial charge < -0.3 is 10.5 Å². The third kappa shape index (κ3) is 7.72. The number of nitrogens with one attached hydrogen (secondary N) is 1. The summed E-state index contributed by atoms with van der Waals surface area (Å²) in [6.07, 6.45) is 0.753. The number of methoxy groups -OCH3 is 1. The summed E-state index contributed by atoms with van der Waals surface area (Å²) in [6.45, 7) is 4.59. The lowest BCUT2D eigenvalue weighted by Gasteiger charge is -2.18. The smallest absolute Gasteiger partial charge is 0.214 e. The third-order valence-corrected chi connectivity index (χ3v) is 3.34. The molecule has 0 bridgehead atoms. The second-order valence-electron chi connectivity index (χ2n) is 3.99. The number of sulfonamides is 1. The molecule has 0 rings (SSSR count). The van der Waals surface area contributed by atoms with E-state index in [-0.39, 0.29) is 18.4 Å². The van der Waals surface area contributed by atoms with E-state index in [4.69, 9.17) is 10.5 Å². The molecule has 5 nitrogen and oxygen atoms in total. The van der Waals surface area contributed by atoms with Crippen molar-refractivity contribution in [3.05, 3.63) is 0 Å². The molecule has 0 fully saturated rings. The van der Waals surface area contributed by atoms with E-state index in [1.165, 1.54) is 7.11 Å². The molecule has 0 spiro atoms. The number of ether oxygens (including phenoxy) is 1. The van der Waals surface area contributed by atoms with Gasteiger partial charge >= 0.3 is 0 Å². The maximum absolute atomic E-state index is 11.5. The van der Waals surface area contributed by atoms with Crippen LogP contribution in [-0.2, 0) is 14.8 Å². The Bertz CT molecular complexity index is 252. The van der Waals surface area contributed by atoms with Crippen molar-refractivity contribution in [1.82, 2.24) is 4.72 Å². The fourth-order valence-corrected chi connectivity index (χ4v) is 2.47. The normalized spacial score (nSPS) is 14.5. The highest BCUT2D eigenvalue weighted by molar-refractivity contribution is 7.89. The molecule has 0 heterocycles. The van der Waals surface area contributed by atoms with Gasteiger partial charge in [0.2, 0.25) is 10.0 Å². The van der Waals surface area contributed by atoms with Crippen molar-refractivity contribution in [1.29, 1.82) is 0 Å². The number of hydrogen-bond donors (Lipinski definition) is 2. The van der Waals surface area contributed by atoms with Crippen LogP contribution < -0.4 is 10.5 Å². The molecule has 15 heavy (non-hydrogen) atoms. The fraction of sp³-hybridized carbons (Fsp3) is 1.00. The summed E-state index contributed by atoms with van der Waals surface area (Å²) in [4.78, 5) is 0. The van der Waals surface area contributed by atoms with Gasteiger partial charge in [0.15, 0.2) is 0 Å². The van der Waals surface area contributed by atoms with Gasteiger partial charge in [-0.3, -0.25) is 0 Å². The topological polar surface area (TPSA) is 81.4 Å². The molecule has 1 unspecified atom stereocenters. The molecule has 0 aliphatic heterocycles. The first-order valence-electron chi connectivity index (χ1n) is 5.10. The van der Waals surface area contributed by atoms with Gasteiger partial charge in [-0.15, -0.1) is 0 Å². The zero-order chi connectivity index (χ0) is 11.9.